The van der Waals surface area contributed by atoms with Gasteiger partial charge in [0.05, 0.1) is 0 Å². The van der Waals surface area contributed by atoms with Crippen molar-refractivity contribution >= 4 is 5.91 Å². The Balaban J connectivity index is 2.08. The smallest absolute Gasteiger partial charge is 0.238 e. The standard InChI is InChI=1S/C10H19N3O/c1-7-4-5-13(8-2-3-8)9(6-11)10(14)12-7/h7-9H,2-6,11H2,1H3,(H,12,14). The van der Waals surface area contributed by atoms with Crippen LogP contribution in [-0.2, 0) is 4.79 Å². The maximum absolute atomic E-state index is 11.8. The minimum absolute atomic E-state index is 0.0903. The zero-order valence-corrected chi connectivity index (χ0v) is 8.70. The number of amides is 1. The van der Waals surface area contributed by atoms with Crippen LogP contribution in [0.3, 0.4) is 0 Å². The zero-order valence-electron chi connectivity index (χ0n) is 8.70. The molecule has 2 rings (SSSR count). The van der Waals surface area contributed by atoms with E-state index in [1.807, 2.05) is 0 Å². The highest BCUT2D eigenvalue weighted by Crippen LogP contribution is 2.29. The number of hydrogen-bond donors (Lipinski definition) is 2. The first-order valence-electron chi connectivity index (χ1n) is 5.48. The van der Waals surface area contributed by atoms with E-state index in [1.54, 1.807) is 0 Å². The summed E-state index contributed by atoms with van der Waals surface area (Å²) in [6, 6.07) is 0.826. The summed E-state index contributed by atoms with van der Waals surface area (Å²) in [5, 5.41) is 2.99. The van der Waals surface area contributed by atoms with Crippen LogP contribution in [-0.4, -0.2) is 42.0 Å². The second-order valence-corrected chi connectivity index (χ2v) is 4.42. The van der Waals surface area contributed by atoms with Crippen molar-refractivity contribution in [2.75, 3.05) is 13.1 Å². The molecular formula is C10H19N3O. The van der Waals surface area contributed by atoms with Crippen molar-refractivity contribution in [2.45, 2.75) is 44.3 Å². The molecule has 4 nitrogen and oxygen atoms in total. The monoisotopic (exact) mass is 197 g/mol. The highest BCUT2D eigenvalue weighted by atomic mass is 16.2. The maximum atomic E-state index is 11.8. The number of hydrogen-bond acceptors (Lipinski definition) is 3. The third-order valence-corrected chi connectivity index (χ3v) is 3.15. The molecular weight excluding hydrogens is 178 g/mol. The number of carbonyl (C=O) groups excluding carboxylic acids is 1. The highest BCUT2D eigenvalue weighted by molar-refractivity contribution is 5.82. The Kier molecular flexibility index (Phi) is 2.74. The summed E-state index contributed by atoms with van der Waals surface area (Å²) < 4.78 is 0. The Hall–Kier alpha value is -0.610. The molecule has 3 N–H and O–H groups in total. The molecule has 1 heterocycles. The maximum Gasteiger partial charge on any atom is 0.238 e. The molecule has 0 spiro atoms. The van der Waals surface area contributed by atoms with Gasteiger partial charge in [-0.1, -0.05) is 0 Å². The predicted molar refractivity (Wildman–Crippen MR) is 54.8 cm³/mol. The molecule has 0 aromatic heterocycles. The molecule has 2 aliphatic rings. The van der Waals surface area contributed by atoms with Gasteiger partial charge in [0.15, 0.2) is 0 Å². The van der Waals surface area contributed by atoms with Crippen molar-refractivity contribution in [3.05, 3.63) is 0 Å². The fourth-order valence-electron chi connectivity index (χ4n) is 2.15. The van der Waals surface area contributed by atoms with Crippen molar-refractivity contribution in [2.24, 2.45) is 5.73 Å². The van der Waals surface area contributed by atoms with Crippen LogP contribution in [0.5, 0.6) is 0 Å². The van der Waals surface area contributed by atoms with Gasteiger partial charge in [-0.3, -0.25) is 9.69 Å². The molecule has 14 heavy (non-hydrogen) atoms. The second kappa shape index (κ2) is 3.87. The largest absolute Gasteiger partial charge is 0.352 e. The van der Waals surface area contributed by atoms with Crippen molar-refractivity contribution in [1.82, 2.24) is 10.2 Å². The Morgan fingerprint density at radius 1 is 1.50 bits per heavy atom. The van der Waals surface area contributed by atoms with E-state index in [4.69, 9.17) is 5.73 Å². The summed E-state index contributed by atoms with van der Waals surface area (Å²) in [4.78, 5) is 14.1. The van der Waals surface area contributed by atoms with Gasteiger partial charge in [0.1, 0.15) is 6.04 Å². The zero-order chi connectivity index (χ0) is 10.1. The molecule has 2 unspecified atom stereocenters. The number of nitrogens with one attached hydrogen (secondary N) is 1. The average Bonchev–Trinajstić information content (AvgIpc) is 2.93. The van der Waals surface area contributed by atoms with Gasteiger partial charge in [-0.2, -0.15) is 0 Å². The Labute approximate surface area is 84.8 Å². The molecule has 1 saturated heterocycles. The minimum Gasteiger partial charge on any atom is -0.352 e. The van der Waals surface area contributed by atoms with Gasteiger partial charge in [0, 0.05) is 25.2 Å². The van der Waals surface area contributed by atoms with Crippen LogP contribution in [0.25, 0.3) is 0 Å². The first-order chi connectivity index (χ1) is 6.72. The summed E-state index contributed by atoms with van der Waals surface area (Å²) in [7, 11) is 0. The Bertz CT molecular complexity index is 227. The van der Waals surface area contributed by atoms with Gasteiger partial charge < -0.3 is 11.1 Å². The number of nitrogens with two attached hydrogens (primary N) is 1. The van der Waals surface area contributed by atoms with Crippen molar-refractivity contribution < 1.29 is 4.79 Å². The van der Waals surface area contributed by atoms with E-state index in [1.165, 1.54) is 12.8 Å². The summed E-state index contributed by atoms with van der Waals surface area (Å²) in [5.74, 6) is 0.115. The third kappa shape index (κ3) is 1.91. The van der Waals surface area contributed by atoms with Crippen LogP contribution in [0.4, 0.5) is 0 Å². The van der Waals surface area contributed by atoms with E-state index in [0.29, 0.717) is 18.6 Å². The summed E-state index contributed by atoms with van der Waals surface area (Å²) in [6.45, 7) is 3.50. The molecule has 1 aliphatic heterocycles. The Morgan fingerprint density at radius 3 is 2.79 bits per heavy atom. The SMILES string of the molecule is CC1CCN(C2CC2)C(CN)C(=O)N1. The van der Waals surface area contributed by atoms with Crippen molar-refractivity contribution in [1.29, 1.82) is 0 Å². The fourth-order valence-corrected chi connectivity index (χ4v) is 2.15. The third-order valence-electron chi connectivity index (χ3n) is 3.15. The van der Waals surface area contributed by atoms with Crippen molar-refractivity contribution in [3.63, 3.8) is 0 Å². The van der Waals surface area contributed by atoms with Crippen LogP contribution >= 0.6 is 0 Å². The molecule has 2 fully saturated rings. The number of nitrogens with zero attached hydrogens (tertiary/aromatic N) is 1. The van der Waals surface area contributed by atoms with E-state index in [0.717, 1.165) is 13.0 Å². The lowest BCUT2D eigenvalue weighted by Gasteiger charge is -2.26. The molecule has 1 aliphatic carbocycles. The summed E-state index contributed by atoms with van der Waals surface area (Å²) in [5.41, 5.74) is 5.66. The molecule has 4 heteroatoms. The quantitative estimate of drug-likeness (QED) is 0.638. The van der Waals surface area contributed by atoms with Gasteiger partial charge in [0.25, 0.3) is 0 Å². The van der Waals surface area contributed by atoms with Gasteiger partial charge in [-0.05, 0) is 26.2 Å². The lowest BCUT2D eigenvalue weighted by molar-refractivity contribution is -0.125. The van der Waals surface area contributed by atoms with Gasteiger partial charge in [0.2, 0.25) is 5.91 Å². The van der Waals surface area contributed by atoms with Gasteiger partial charge in [-0.25, -0.2) is 0 Å². The highest BCUT2D eigenvalue weighted by Gasteiger charge is 2.38. The lowest BCUT2D eigenvalue weighted by atomic mass is 10.2. The van der Waals surface area contributed by atoms with E-state index in [9.17, 15) is 4.79 Å². The molecule has 0 bridgehead atoms. The first kappa shape index (κ1) is 9.93. The normalized spacial score (nSPS) is 35.1. The molecule has 1 amide bonds. The average molecular weight is 197 g/mol. The van der Waals surface area contributed by atoms with Crippen LogP contribution in [0.1, 0.15) is 26.2 Å². The molecule has 0 aromatic rings. The molecule has 2 atom stereocenters. The van der Waals surface area contributed by atoms with Crippen molar-refractivity contribution in [3.8, 4) is 0 Å². The van der Waals surface area contributed by atoms with E-state index in [-0.39, 0.29) is 11.9 Å². The molecule has 0 aromatic carbocycles. The van der Waals surface area contributed by atoms with Gasteiger partial charge >= 0.3 is 0 Å². The minimum atomic E-state index is -0.0903. The van der Waals surface area contributed by atoms with Crippen LogP contribution < -0.4 is 11.1 Å². The second-order valence-electron chi connectivity index (χ2n) is 4.42. The number of carbonyl (C=O) groups is 1. The van der Waals surface area contributed by atoms with E-state index < -0.39 is 0 Å². The number of rotatable bonds is 2. The van der Waals surface area contributed by atoms with Gasteiger partial charge in [-0.15, -0.1) is 0 Å². The van der Waals surface area contributed by atoms with Crippen LogP contribution in [0.15, 0.2) is 0 Å². The summed E-state index contributed by atoms with van der Waals surface area (Å²) >= 11 is 0. The fraction of sp³-hybridized carbons (Fsp3) is 0.900. The predicted octanol–water partition coefficient (Wildman–Crippen LogP) is -0.313. The Morgan fingerprint density at radius 2 is 2.21 bits per heavy atom. The molecule has 1 saturated carbocycles. The van der Waals surface area contributed by atoms with Crippen LogP contribution in [0.2, 0.25) is 0 Å². The summed E-state index contributed by atoms with van der Waals surface area (Å²) in [6.07, 6.45) is 3.51. The topological polar surface area (TPSA) is 58.4 Å². The van der Waals surface area contributed by atoms with Crippen LogP contribution in [0, 0.1) is 0 Å². The first-order valence-corrected chi connectivity index (χ1v) is 5.48. The van der Waals surface area contributed by atoms with E-state index >= 15 is 0 Å². The lowest BCUT2D eigenvalue weighted by Crippen LogP contribution is -2.50. The van der Waals surface area contributed by atoms with E-state index in [2.05, 4.69) is 17.1 Å². The molecule has 0 radical (unpaired) electrons. The molecule has 80 valence electrons.